The van der Waals surface area contributed by atoms with Crippen LogP contribution >= 0.6 is 0 Å². The molecule has 0 aliphatic heterocycles. The average Bonchev–Trinajstić information content (AvgIpc) is 3.53. The van der Waals surface area contributed by atoms with Crippen LogP contribution in [0.2, 0.25) is 0 Å². The van der Waals surface area contributed by atoms with Crippen LogP contribution in [-0.2, 0) is 10.0 Å². The molecule has 3 heterocycles. The van der Waals surface area contributed by atoms with Crippen LogP contribution in [0.5, 0.6) is 11.5 Å². The van der Waals surface area contributed by atoms with Gasteiger partial charge in [-0.15, -0.1) is 0 Å². The molecule has 2 aromatic carbocycles. The van der Waals surface area contributed by atoms with Crippen molar-refractivity contribution in [1.82, 2.24) is 24.1 Å². The van der Waals surface area contributed by atoms with Gasteiger partial charge in [0.1, 0.15) is 23.5 Å². The van der Waals surface area contributed by atoms with Gasteiger partial charge in [-0.3, -0.25) is 4.40 Å². The summed E-state index contributed by atoms with van der Waals surface area (Å²) in [5, 5.41) is 3.02. The van der Waals surface area contributed by atoms with Crippen molar-refractivity contribution >= 4 is 21.8 Å². The molecule has 11 nitrogen and oxygen atoms in total. The highest BCUT2D eigenvalue weighted by molar-refractivity contribution is 7.89. The number of nitrogens with one attached hydrogen (secondary N) is 2. The molecule has 5 rings (SSSR count). The zero-order valence-corrected chi connectivity index (χ0v) is 21.2. The molecule has 0 aliphatic rings. The number of imidazole rings is 1. The number of ether oxygens (including phenoxy) is 2. The molecule has 0 unspecified atom stereocenters. The Morgan fingerprint density at radius 2 is 1.79 bits per heavy atom. The van der Waals surface area contributed by atoms with E-state index < -0.39 is 10.0 Å². The molecular formula is C25H23FN6O5S. The molecule has 13 heteroatoms. The topological polar surface area (TPSA) is 133 Å². The first-order valence-electron chi connectivity index (χ1n) is 11.4. The first-order valence-corrected chi connectivity index (χ1v) is 12.9. The maximum Gasteiger partial charge on any atom is 0.306 e. The number of sulfonamides is 1. The number of anilines is 1. The van der Waals surface area contributed by atoms with E-state index in [1.165, 1.54) is 50.8 Å². The molecule has 0 bridgehead atoms. The standard InChI is InChI=1S/C25H23FN6O5S/c1-35-20-8-7-18(15-21(20)36-2)38(33,34)29-12-11-28-24-27-10-9-19(30-24)23-22(16-3-5-17(26)6-4-16)31-25-32(23)13-14-37-25/h3-10,13-15,29H,11-12H2,1-2H3,(H,27,28,30). The van der Waals surface area contributed by atoms with Crippen LogP contribution in [0.15, 0.2) is 76.5 Å². The number of benzene rings is 2. The molecule has 2 N–H and O–H groups in total. The maximum atomic E-state index is 13.5. The lowest BCUT2D eigenvalue weighted by atomic mass is 10.1. The van der Waals surface area contributed by atoms with Crippen LogP contribution < -0.4 is 19.5 Å². The number of halogens is 1. The van der Waals surface area contributed by atoms with Crippen LogP contribution in [0.25, 0.3) is 28.5 Å². The summed E-state index contributed by atoms with van der Waals surface area (Å²) in [7, 11) is -0.880. The zero-order chi connectivity index (χ0) is 26.7. The quantitative estimate of drug-likeness (QED) is 0.256. The fourth-order valence-corrected chi connectivity index (χ4v) is 4.89. The fraction of sp³-hybridized carbons (Fsp3) is 0.160. The van der Waals surface area contributed by atoms with Crippen molar-refractivity contribution in [1.29, 1.82) is 0 Å². The summed E-state index contributed by atoms with van der Waals surface area (Å²) >= 11 is 0. The molecule has 5 aromatic rings. The number of methoxy groups -OCH3 is 2. The van der Waals surface area contributed by atoms with Gasteiger partial charge >= 0.3 is 5.84 Å². The Balaban J connectivity index is 1.31. The molecule has 3 aromatic heterocycles. The van der Waals surface area contributed by atoms with Crippen LogP contribution in [0.1, 0.15) is 0 Å². The Bertz CT molecular complexity index is 1680. The predicted molar refractivity (Wildman–Crippen MR) is 137 cm³/mol. The largest absolute Gasteiger partial charge is 0.493 e. The van der Waals surface area contributed by atoms with Gasteiger partial charge in [0.05, 0.1) is 24.8 Å². The Kier molecular flexibility index (Phi) is 6.94. The molecule has 196 valence electrons. The number of hydrogen-bond donors (Lipinski definition) is 2. The number of nitrogens with zero attached hydrogens (tertiary/aromatic N) is 4. The third-order valence-electron chi connectivity index (χ3n) is 5.64. The zero-order valence-electron chi connectivity index (χ0n) is 20.4. The van der Waals surface area contributed by atoms with E-state index in [1.54, 1.807) is 35.0 Å². The van der Waals surface area contributed by atoms with Crippen molar-refractivity contribution in [3.05, 3.63) is 73.0 Å². The van der Waals surface area contributed by atoms with E-state index in [0.717, 1.165) is 0 Å². The highest BCUT2D eigenvalue weighted by Gasteiger charge is 2.20. The minimum atomic E-state index is -3.79. The highest BCUT2D eigenvalue weighted by Crippen LogP contribution is 2.32. The number of oxazole rings is 1. The van der Waals surface area contributed by atoms with Gasteiger partial charge in [0.15, 0.2) is 11.5 Å². The molecule has 38 heavy (non-hydrogen) atoms. The number of hydrogen-bond acceptors (Lipinski definition) is 9. The second-order valence-corrected chi connectivity index (χ2v) is 9.75. The van der Waals surface area contributed by atoms with Gasteiger partial charge in [-0.25, -0.2) is 27.5 Å². The van der Waals surface area contributed by atoms with Gasteiger partial charge in [-0.1, -0.05) is 0 Å². The van der Waals surface area contributed by atoms with Gasteiger partial charge in [-0.05, 0) is 42.5 Å². The van der Waals surface area contributed by atoms with E-state index in [4.69, 9.17) is 13.9 Å². The second-order valence-electron chi connectivity index (χ2n) is 7.98. The Hall–Kier alpha value is -4.49. The predicted octanol–water partition coefficient (Wildman–Crippen LogP) is 3.60. The normalized spacial score (nSPS) is 11.6. The summed E-state index contributed by atoms with van der Waals surface area (Å²) < 4.78 is 59.0. The minimum Gasteiger partial charge on any atom is -0.493 e. The molecule has 0 radical (unpaired) electrons. The molecule has 0 saturated heterocycles. The van der Waals surface area contributed by atoms with E-state index in [1.807, 2.05) is 0 Å². The monoisotopic (exact) mass is 538 g/mol. The van der Waals surface area contributed by atoms with Gasteiger partial charge in [0.25, 0.3) is 0 Å². The van der Waals surface area contributed by atoms with E-state index in [9.17, 15) is 12.8 Å². The summed E-state index contributed by atoms with van der Waals surface area (Å²) in [5.74, 6) is 1.03. The van der Waals surface area contributed by atoms with Crippen LogP contribution in [0, 0.1) is 5.82 Å². The van der Waals surface area contributed by atoms with E-state index in [2.05, 4.69) is 25.0 Å². The lowest BCUT2D eigenvalue weighted by Crippen LogP contribution is -2.29. The van der Waals surface area contributed by atoms with Gasteiger partial charge < -0.3 is 19.2 Å². The lowest BCUT2D eigenvalue weighted by Gasteiger charge is -2.11. The number of fused-ring (bicyclic) bond motifs is 1. The molecular weight excluding hydrogens is 515 g/mol. The highest BCUT2D eigenvalue weighted by atomic mass is 32.2. The molecule has 0 aliphatic carbocycles. The van der Waals surface area contributed by atoms with E-state index >= 15 is 0 Å². The second kappa shape index (κ2) is 10.5. The third-order valence-corrected chi connectivity index (χ3v) is 7.10. The third kappa shape index (κ3) is 5.01. The fourth-order valence-electron chi connectivity index (χ4n) is 3.84. The Morgan fingerprint density at radius 1 is 1.00 bits per heavy atom. The van der Waals surface area contributed by atoms with E-state index in [-0.39, 0.29) is 29.8 Å². The van der Waals surface area contributed by atoms with Crippen molar-refractivity contribution < 1.29 is 26.7 Å². The van der Waals surface area contributed by atoms with Crippen molar-refractivity contribution in [3.8, 4) is 34.1 Å². The Morgan fingerprint density at radius 3 is 2.55 bits per heavy atom. The van der Waals surface area contributed by atoms with Gasteiger partial charge in [-0.2, -0.15) is 4.98 Å². The Labute approximate surface area is 217 Å². The smallest absolute Gasteiger partial charge is 0.306 e. The molecule has 0 atom stereocenters. The van der Waals surface area contributed by atoms with Gasteiger partial charge in [0.2, 0.25) is 16.0 Å². The van der Waals surface area contributed by atoms with Crippen LogP contribution in [0.3, 0.4) is 0 Å². The summed E-state index contributed by atoms with van der Waals surface area (Å²) in [6.07, 6.45) is 4.79. The van der Waals surface area contributed by atoms with Crippen molar-refractivity contribution in [2.24, 2.45) is 0 Å². The van der Waals surface area contributed by atoms with Crippen molar-refractivity contribution in [2.75, 3.05) is 32.6 Å². The summed E-state index contributed by atoms with van der Waals surface area (Å²) in [6.45, 7) is 0.290. The van der Waals surface area contributed by atoms with Crippen LogP contribution in [0.4, 0.5) is 10.3 Å². The summed E-state index contributed by atoms with van der Waals surface area (Å²) in [5.41, 5.74) is 2.44. The lowest BCUT2D eigenvalue weighted by molar-refractivity contribution is 0.354. The van der Waals surface area contributed by atoms with E-state index in [0.29, 0.717) is 40.0 Å². The molecule has 0 spiro atoms. The van der Waals surface area contributed by atoms with Crippen molar-refractivity contribution in [2.45, 2.75) is 4.90 Å². The minimum absolute atomic E-state index is 0.0478. The van der Waals surface area contributed by atoms with Crippen LogP contribution in [-0.4, -0.2) is 55.1 Å². The number of rotatable bonds is 10. The average molecular weight is 539 g/mol. The van der Waals surface area contributed by atoms with Gasteiger partial charge in [0, 0.05) is 37.1 Å². The molecule has 0 amide bonds. The number of aromatic nitrogens is 4. The summed E-state index contributed by atoms with van der Waals surface area (Å²) in [4.78, 5) is 13.4. The SMILES string of the molecule is COc1ccc(S(=O)(=O)NCCNc2nccc(-c3c(-c4ccc(F)cc4)nc4occn34)n2)cc1OC. The summed E-state index contributed by atoms with van der Waals surface area (Å²) in [6, 6.07) is 12.0. The maximum absolute atomic E-state index is 13.5. The first kappa shape index (κ1) is 25.2. The molecule has 0 saturated carbocycles. The first-order chi connectivity index (χ1) is 18.4. The molecule has 0 fully saturated rings. The van der Waals surface area contributed by atoms with Crippen molar-refractivity contribution in [3.63, 3.8) is 0 Å².